The Balaban J connectivity index is 1.84. The van der Waals surface area contributed by atoms with Gasteiger partial charge >= 0.3 is 6.09 Å². The fourth-order valence-corrected chi connectivity index (χ4v) is 3.41. The molecule has 1 atom stereocenters. The molecule has 1 amide bonds. The number of benzene rings is 1. The molecule has 4 nitrogen and oxygen atoms in total. The third-order valence-electron chi connectivity index (χ3n) is 4.79. The van der Waals surface area contributed by atoms with Gasteiger partial charge in [0.15, 0.2) is 0 Å². The minimum absolute atomic E-state index is 0.0723. The van der Waals surface area contributed by atoms with E-state index in [4.69, 9.17) is 9.47 Å². The Morgan fingerprint density at radius 2 is 1.91 bits per heavy atom. The monoisotopic (exact) mass is 317 g/mol. The van der Waals surface area contributed by atoms with Crippen LogP contribution in [0.2, 0.25) is 0 Å². The zero-order valence-electron chi connectivity index (χ0n) is 14.6. The highest BCUT2D eigenvalue weighted by Crippen LogP contribution is 2.46. The summed E-state index contributed by atoms with van der Waals surface area (Å²) in [5.41, 5.74) is 2.19. The van der Waals surface area contributed by atoms with Gasteiger partial charge in [0.1, 0.15) is 5.60 Å². The van der Waals surface area contributed by atoms with Gasteiger partial charge in [-0.1, -0.05) is 29.8 Å². The molecule has 0 radical (unpaired) electrons. The third kappa shape index (κ3) is 3.52. The fourth-order valence-electron chi connectivity index (χ4n) is 3.41. The van der Waals surface area contributed by atoms with Gasteiger partial charge in [0.2, 0.25) is 0 Å². The third-order valence-corrected chi connectivity index (χ3v) is 4.79. The van der Waals surface area contributed by atoms with E-state index in [0.29, 0.717) is 0 Å². The van der Waals surface area contributed by atoms with Crippen LogP contribution in [0.25, 0.3) is 0 Å². The van der Waals surface area contributed by atoms with Crippen molar-refractivity contribution in [2.24, 2.45) is 5.41 Å². The van der Waals surface area contributed by atoms with Crippen LogP contribution in [0.3, 0.4) is 0 Å². The van der Waals surface area contributed by atoms with Crippen molar-refractivity contribution in [1.82, 2.24) is 4.90 Å². The molecule has 0 aromatic heterocycles. The average molecular weight is 317 g/mol. The van der Waals surface area contributed by atoms with Gasteiger partial charge in [0.25, 0.3) is 0 Å². The number of piperidine rings is 1. The van der Waals surface area contributed by atoms with Crippen LogP contribution in [0.15, 0.2) is 24.3 Å². The first-order valence-corrected chi connectivity index (χ1v) is 8.42. The number of aryl methyl sites for hydroxylation is 1. The number of likely N-dealkylation sites (tertiary alicyclic amines) is 1. The number of ether oxygens (including phenoxy) is 2. The zero-order valence-corrected chi connectivity index (χ0v) is 14.6. The van der Waals surface area contributed by atoms with Crippen LogP contribution < -0.4 is 0 Å². The van der Waals surface area contributed by atoms with E-state index in [9.17, 15) is 4.79 Å². The molecule has 0 aliphatic carbocycles. The summed E-state index contributed by atoms with van der Waals surface area (Å²) in [6.07, 6.45) is 1.74. The van der Waals surface area contributed by atoms with Crippen LogP contribution in [0, 0.1) is 12.3 Å². The normalized spacial score (nSPS) is 23.5. The highest BCUT2D eigenvalue weighted by atomic mass is 16.6. The molecule has 1 unspecified atom stereocenters. The fraction of sp³-hybridized carbons (Fsp3) is 0.632. The summed E-state index contributed by atoms with van der Waals surface area (Å²) in [5, 5.41) is 0. The number of hydrogen-bond donors (Lipinski definition) is 0. The van der Waals surface area contributed by atoms with E-state index in [1.165, 1.54) is 11.1 Å². The van der Waals surface area contributed by atoms with E-state index in [-0.39, 0.29) is 17.6 Å². The lowest BCUT2D eigenvalue weighted by Crippen LogP contribution is -2.53. The van der Waals surface area contributed by atoms with Crippen molar-refractivity contribution in [3.63, 3.8) is 0 Å². The molecule has 1 aromatic carbocycles. The van der Waals surface area contributed by atoms with E-state index in [1.807, 2.05) is 25.7 Å². The average Bonchev–Trinajstić information content (AvgIpc) is 2.44. The SMILES string of the molecule is Cc1ccc(C2CC3(CCN2C(=O)OC(C)(C)C)COC3)cc1. The van der Waals surface area contributed by atoms with E-state index in [2.05, 4.69) is 31.2 Å². The molecule has 126 valence electrons. The van der Waals surface area contributed by atoms with Gasteiger partial charge < -0.3 is 14.4 Å². The van der Waals surface area contributed by atoms with Gasteiger partial charge in [-0.05, 0) is 46.1 Å². The summed E-state index contributed by atoms with van der Waals surface area (Å²) < 4.78 is 11.1. The molecule has 2 saturated heterocycles. The van der Waals surface area contributed by atoms with Crippen LogP contribution in [0.5, 0.6) is 0 Å². The van der Waals surface area contributed by atoms with Crippen molar-refractivity contribution >= 4 is 6.09 Å². The van der Waals surface area contributed by atoms with Crippen molar-refractivity contribution < 1.29 is 14.3 Å². The largest absolute Gasteiger partial charge is 0.444 e. The Kier molecular flexibility index (Phi) is 4.13. The lowest BCUT2D eigenvalue weighted by atomic mass is 9.72. The van der Waals surface area contributed by atoms with Gasteiger partial charge in [0.05, 0.1) is 19.3 Å². The summed E-state index contributed by atoms with van der Waals surface area (Å²) in [6, 6.07) is 8.57. The Bertz CT molecular complexity index is 569. The summed E-state index contributed by atoms with van der Waals surface area (Å²) in [5.74, 6) is 0. The predicted octanol–water partition coefficient (Wildman–Crippen LogP) is 4.08. The van der Waals surface area contributed by atoms with Crippen LogP contribution in [0.4, 0.5) is 4.79 Å². The zero-order chi connectivity index (χ0) is 16.7. The van der Waals surface area contributed by atoms with Gasteiger partial charge in [-0.15, -0.1) is 0 Å². The molecule has 3 rings (SSSR count). The molecule has 0 bridgehead atoms. The van der Waals surface area contributed by atoms with E-state index >= 15 is 0 Å². The van der Waals surface area contributed by atoms with E-state index in [0.717, 1.165) is 32.6 Å². The second kappa shape index (κ2) is 5.82. The Labute approximate surface area is 138 Å². The molecule has 2 heterocycles. The lowest BCUT2D eigenvalue weighted by molar-refractivity contribution is -0.150. The second-order valence-corrected chi connectivity index (χ2v) is 8.05. The summed E-state index contributed by atoms with van der Waals surface area (Å²) in [7, 11) is 0. The van der Waals surface area contributed by atoms with Crippen molar-refractivity contribution in [3.8, 4) is 0 Å². The van der Waals surface area contributed by atoms with Crippen LogP contribution in [0.1, 0.15) is 50.8 Å². The minimum atomic E-state index is -0.469. The van der Waals surface area contributed by atoms with Crippen LogP contribution in [-0.4, -0.2) is 36.4 Å². The number of hydrogen-bond acceptors (Lipinski definition) is 3. The number of amides is 1. The van der Waals surface area contributed by atoms with E-state index < -0.39 is 5.60 Å². The van der Waals surface area contributed by atoms with Gasteiger partial charge in [-0.3, -0.25) is 0 Å². The number of rotatable bonds is 1. The van der Waals surface area contributed by atoms with Crippen molar-refractivity contribution in [2.45, 2.75) is 52.2 Å². The van der Waals surface area contributed by atoms with Gasteiger partial charge in [-0.2, -0.15) is 0 Å². The smallest absolute Gasteiger partial charge is 0.410 e. The van der Waals surface area contributed by atoms with Crippen molar-refractivity contribution in [3.05, 3.63) is 35.4 Å². The molecule has 0 saturated carbocycles. The topological polar surface area (TPSA) is 38.8 Å². The highest BCUT2D eigenvalue weighted by Gasteiger charge is 2.47. The van der Waals surface area contributed by atoms with Gasteiger partial charge in [0, 0.05) is 12.0 Å². The quantitative estimate of drug-likeness (QED) is 0.783. The van der Waals surface area contributed by atoms with Crippen LogP contribution in [-0.2, 0) is 9.47 Å². The first-order chi connectivity index (χ1) is 10.8. The van der Waals surface area contributed by atoms with E-state index in [1.54, 1.807) is 0 Å². The molecule has 4 heteroatoms. The molecular weight excluding hydrogens is 290 g/mol. The predicted molar refractivity (Wildman–Crippen MR) is 89.3 cm³/mol. The molecule has 2 aliphatic heterocycles. The lowest BCUT2D eigenvalue weighted by Gasteiger charge is -2.51. The molecule has 2 aliphatic rings. The number of carbonyl (C=O) groups is 1. The standard InChI is InChI=1S/C19H27NO3/c1-14-5-7-15(8-6-14)16-11-19(12-22-13-19)9-10-20(16)17(21)23-18(2,3)4/h5-8,16H,9-13H2,1-4H3. The number of carbonyl (C=O) groups excluding carboxylic acids is 1. The maximum absolute atomic E-state index is 12.7. The molecule has 1 aromatic rings. The maximum atomic E-state index is 12.7. The first kappa shape index (κ1) is 16.3. The molecule has 23 heavy (non-hydrogen) atoms. The molecule has 1 spiro atoms. The maximum Gasteiger partial charge on any atom is 0.410 e. The van der Waals surface area contributed by atoms with Crippen molar-refractivity contribution in [2.75, 3.05) is 19.8 Å². The second-order valence-electron chi connectivity index (χ2n) is 8.05. The first-order valence-electron chi connectivity index (χ1n) is 8.42. The summed E-state index contributed by atoms with van der Waals surface area (Å²) >= 11 is 0. The molecule has 2 fully saturated rings. The molecular formula is C19H27NO3. The summed E-state index contributed by atoms with van der Waals surface area (Å²) in [4.78, 5) is 14.6. The van der Waals surface area contributed by atoms with Gasteiger partial charge in [-0.25, -0.2) is 4.79 Å². The summed E-state index contributed by atoms with van der Waals surface area (Å²) in [6.45, 7) is 10.2. The minimum Gasteiger partial charge on any atom is -0.444 e. The highest BCUT2D eigenvalue weighted by molar-refractivity contribution is 5.69. The van der Waals surface area contributed by atoms with Crippen LogP contribution >= 0.6 is 0 Å². The number of nitrogens with zero attached hydrogens (tertiary/aromatic N) is 1. The Morgan fingerprint density at radius 3 is 2.43 bits per heavy atom. The van der Waals surface area contributed by atoms with Crippen molar-refractivity contribution in [1.29, 1.82) is 0 Å². The molecule has 0 N–H and O–H groups in total. The Morgan fingerprint density at radius 1 is 1.26 bits per heavy atom. The Hall–Kier alpha value is -1.55.